The highest BCUT2D eigenvalue weighted by Gasteiger charge is 2.28. The van der Waals surface area contributed by atoms with Crippen LogP contribution in [0, 0.1) is 5.92 Å². The molecule has 5 aromatic heterocycles. The summed E-state index contributed by atoms with van der Waals surface area (Å²) >= 11 is 1.33. The summed E-state index contributed by atoms with van der Waals surface area (Å²) in [6.45, 7) is 3.54. The van der Waals surface area contributed by atoms with Gasteiger partial charge < -0.3 is 10.4 Å². The van der Waals surface area contributed by atoms with Gasteiger partial charge in [-0.05, 0) is 61.6 Å². The molecule has 0 aliphatic heterocycles. The molecule has 1 aliphatic carbocycles. The topological polar surface area (TPSA) is 123 Å². The molecule has 0 saturated heterocycles. The fourth-order valence-corrected chi connectivity index (χ4v) is 6.53. The number of thiophene rings is 1. The minimum Gasteiger partial charge on any atom is -0.511 e. The van der Waals surface area contributed by atoms with Crippen molar-refractivity contribution in [3.05, 3.63) is 82.8 Å². The third-order valence-electron chi connectivity index (χ3n) is 7.33. The molecule has 0 aromatic carbocycles. The van der Waals surface area contributed by atoms with Gasteiger partial charge in [0.1, 0.15) is 16.1 Å². The number of pyridine rings is 3. The number of carbonyl (C=O) groups is 1. The van der Waals surface area contributed by atoms with Gasteiger partial charge >= 0.3 is 5.69 Å². The van der Waals surface area contributed by atoms with E-state index in [1.807, 2.05) is 18.2 Å². The number of hydrogen-bond acceptors (Lipinski definition) is 8. The van der Waals surface area contributed by atoms with E-state index in [0.717, 1.165) is 36.6 Å². The van der Waals surface area contributed by atoms with E-state index in [-0.39, 0.29) is 23.6 Å². The summed E-state index contributed by atoms with van der Waals surface area (Å²) in [7, 11) is 0. The second-order valence-corrected chi connectivity index (χ2v) is 10.7. The summed E-state index contributed by atoms with van der Waals surface area (Å²) < 4.78 is 2.12. The molecule has 0 spiro atoms. The molecular formula is C29H26N6O3S. The highest BCUT2D eigenvalue weighted by molar-refractivity contribution is 7.17. The molecule has 9 nitrogen and oxygen atoms in total. The van der Waals surface area contributed by atoms with Crippen molar-refractivity contribution in [1.82, 2.24) is 29.8 Å². The number of hydrogen-bond donors (Lipinski definition) is 2. The monoisotopic (exact) mass is 538 g/mol. The first-order valence-electron chi connectivity index (χ1n) is 12.9. The van der Waals surface area contributed by atoms with Crippen LogP contribution in [-0.4, -0.2) is 41.6 Å². The van der Waals surface area contributed by atoms with Crippen LogP contribution >= 0.6 is 11.3 Å². The maximum absolute atomic E-state index is 13.4. The van der Waals surface area contributed by atoms with E-state index in [0.29, 0.717) is 38.2 Å². The lowest BCUT2D eigenvalue weighted by atomic mass is 9.97. The summed E-state index contributed by atoms with van der Waals surface area (Å²) in [4.78, 5) is 43.5. The lowest BCUT2D eigenvalue weighted by Crippen LogP contribution is -2.36. The zero-order valence-corrected chi connectivity index (χ0v) is 21.9. The van der Waals surface area contributed by atoms with Gasteiger partial charge in [-0.2, -0.15) is 4.98 Å². The van der Waals surface area contributed by atoms with Gasteiger partial charge in [-0.3, -0.25) is 19.3 Å². The zero-order chi connectivity index (χ0) is 26.9. The Morgan fingerprint density at radius 3 is 2.90 bits per heavy atom. The number of rotatable bonds is 7. The van der Waals surface area contributed by atoms with Crippen molar-refractivity contribution in [3.63, 3.8) is 0 Å². The third-order valence-corrected chi connectivity index (χ3v) is 8.47. The molecule has 0 radical (unpaired) electrons. The Bertz CT molecular complexity index is 1810. The Morgan fingerprint density at radius 1 is 1.21 bits per heavy atom. The fourth-order valence-electron chi connectivity index (χ4n) is 5.46. The van der Waals surface area contributed by atoms with Crippen LogP contribution in [0.3, 0.4) is 0 Å². The number of amides is 1. The minimum atomic E-state index is -0.450. The average molecular weight is 539 g/mol. The van der Waals surface area contributed by atoms with Crippen molar-refractivity contribution in [1.29, 1.82) is 0 Å². The molecule has 1 saturated carbocycles. The summed E-state index contributed by atoms with van der Waals surface area (Å²) in [5.41, 5.74) is 2.83. The van der Waals surface area contributed by atoms with Crippen molar-refractivity contribution in [2.45, 2.75) is 38.1 Å². The minimum absolute atomic E-state index is 0.0778. The summed E-state index contributed by atoms with van der Waals surface area (Å²) in [6.07, 6.45) is 12.1. The molecule has 2 N–H and O–H groups in total. The molecule has 5 aromatic rings. The van der Waals surface area contributed by atoms with E-state index in [2.05, 4.69) is 31.8 Å². The third kappa shape index (κ3) is 4.67. The maximum atomic E-state index is 13.4. The van der Waals surface area contributed by atoms with Crippen molar-refractivity contribution in [2.75, 3.05) is 0 Å². The van der Waals surface area contributed by atoms with Gasteiger partial charge in [0.15, 0.2) is 0 Å². The zero-order valence-electron chi connectivity index (χ0n) is 21.1. The Balaban J connectivity index is 1.39. The van der Waals surface area contributed by atoms with E-state index < -0.39 is 5.69 Å². The molecule has 2 atom stereocenters. The van der Waals surface area contributed by atoms with Gasteiger partial charge in [-0.1, -0.05) is 13.0 Å². The van der Waals surface area contributed by atoms with Crippen LogP contribution in [0.2, 0.25) is 0 Å². The SMILES string of the molecule is C=CC(=O)N[C@H]1CCC[C@H]1CCC(O)=c1sc2nccc3c2c1nc(=O)n3-c1ccnc(-c2cccnc2)c1. The smallest absolute Gasteiger partial charge is 0.353 e. The van der Waals surface area contributed by atoms with Crippen LogP contribution in [0.15, 0.2) is 72.6 Å². The van der Waals surface area contributed by atoms with Gasteiger partial charge in [0, 0.05) is 42.8 Å². The van der Waals surface area contributed by atoms with Gasteiger partial charge in [0.2, 0.25) is 5.91 Å². The predicted octanol–water partition coefficient (Wildman–Crippen LogP) is 4.09. The van der Waals surface area contributed by atoms with Crippen LogP contribution in [0.25, 0.3) is 44.0 Å². The number of aliphatic hydroxyl groups excluding tert-OH is 1. The molecule has 5 heterocycles. The van der Waals surface area contributed by atoms with E-state index >= 15 is 0 Å². The number of aliphatic hydroxyl groups is 1. The molecular weight excluding hydrogens is 512 g/mol. The lowest BCUT2D eigenvalue weighted by molar-refractivity contribution is -0.117. The number of aromatic nitrogens is 5. The van der Waals surface area contributed by atoms with Crippen LogP contribution in [0.5, 0.6) is 0 Å². The van der Waals surface area contributed by atoms with E-state index in [1.165, 1.54) is 17.4 Å². The van der Waals surface area contributed by atoms with Crippen LogP contribution in [0.4, 0.5) is 0 Å². The normalized spacial score (nSPS) is 17.9. The summed E-state index contributed by atoms with van der Waals surface area (Å²) in [5, 5.41) is 14.9. The Kier molecular flexibility index (Phi) is 6.62. The Morgan fingerprint density at radius 2 is 2.08 bits per heavy atom. The van der Waals surface area contributed by atoms with Gasteiger partial charge in [0.25, 0.3) is 0 Å². The second kappa shape index (κ2) is 10.4. The van der Waals surface area contributed by atoms with Crippen molar-refractivity contribution < 1.29 is 9.90 Å². The molecule has 10 heteroatoms. The number of nitrogens with one attached hydrogen (secondary N) is 1. The fraction of sp³-hybridized carbons (Fsp3) is 0.241. The highest BCUT2D eigenvalue weighted by atomic mass is 32.1. The van der Waals surface area contributed by atoms with Crippen LogP contribution in [-0.2, 0) is 4.79 Å². The summed E-state index contributed by atoms with van der Waals surface area (Å²) in [5.74, 6) is 0.286. The van der Waals surface area contributed by atoms with Crippen molar-refractivity contribution >= 4 is 44.3 Å². The molecule has 1 amide bonds. The number of carbonyl (C=O) groups excluding carboxylic acids is 1. The Hall–Kier alpha value is -4.44. The highest BCUT2D eigenvalue weighted by Crippen LogP contribution is 2.32. The molecule has 39 heavy (non-hydrogen) atoms. The quantitative estimate of drug-likeness (QED) is 0.299. The van der Waals surface area contributed by atoms with Gasteiger partial charge in [-0.25, -0.2) is 9.78 Å². The molecule has 1 aliphatic rings. The first kappa shape index (κ1) is 24.9. The average Bonchev–Trinajstić information content (AvgIpc) is 3.57. The molecule has 0 bridgehead atoms. The van der Waals surface area contributed by atoms with Crippen LogP contribution in [0.1, 0.15) is 32.1 Å². The standard InChI is InChI=1S/C29H26N6O3S/c1-2-24(37)33-20-7-3-5-17(20)8-9-23(36)27-26-25-22(11-14-32-28(25)39-27)35(29(38)34-26)19-10-13-31-21(15-19)18-6-4-12-30-16-18/h2,4,6,10-17,20,36H,1,3,5,7-9H2,(H,33,37)/t17-,20-/m0/s1. The van der Waals surface area contributed by atoms with E-state index in [4.69, 9.17) is 0 Å². The maximum Gasteiger partial charge on any atom is 0.353 e. The predicted molar refractivity (Wildman–Crippen MR) is 152 cm³/mol. The van der Waals surface area contributed by atoms with Crippen LogP contribution < -0.4 is 15.5 Å². The first-order chi connectivity index (χ1) is 19.0. The first-order valence-corrected chi connectivity index (χ1v) is 13.7. The molecule has 1 fully saturated rings. The number of nitrogens with zero attached hydrogens (tertiary/aromatic N) is 5. The van der Waals surface area contributed by atoms with Gasteiger partial charge in [0.05, 0.1) is 26.8 Å². The molecule has 0 unspecified atom stereocenters. The van der Waals surface area contributed by atoms with Gasteiger partial charge in [-0.15, -0.1) is 11.3 Å². The largest absolute Gasteiger partial charge is 0.511 e. The van der Waals surface area contributed by atoms with Crippen molar-refractivity contribution in [2.24, 2.45) is 5.92 Å². The summed E-state index contributed by atoms with van der Waals surface area (Å²) in [6, 6.07) is 9.22. The molecule has 196 valence electrons. The molecule has 6 rings (SSSR count). The second-order valence-electron chi connectivity index (χ2n) is 9.66. The van der Waals surface area contributed by atoms with E-state index in [9.17, 15) is 14.7 Å². The Labute approximate surface area is 227 Å². The van der Waals surface area contributed by atoms with Crippen molar-refractivity contribution in [3.8, 4) is 16.9 Å². The van der Waals surface area contributed by atoms with E-state index in [1.54, 1.807) is 41.5 Å². The lowest BCUT2D eigenvalue weighted by Gasteiger charge is -2.20.